The summed E-state index contributed by atoms with van der Waals surface area (Å²) >= 11 is 0. The van der Waals surface area contributed by atoms with Crippen molar-refractivity contribution in [1.29, 1.82) is 0 Å². The number of hydrogen-bond donors (Lipinski definition) is 0. The van der Waals surface area contributed by atoms with Crippen molar-refractivity contribution in [3.8, 4) is 0 Å². The maximum absolute atomic E-state index is 12.4. The van der Waals surface area contributed by atoms with E-state index in [4.69, 9.17) is 14.2 Å². The normalized spacial score (nSPS) is 19.6. The third-order valence-corrected chi connectivity index (χ3v) is 3.58. The third kappa shape index (κ3) is 7.44. The minimum Gasteiger partial charge on any atom is -0.466 e. The van der Waals surface area contributed by atoms with Crippen molar-refractivity contribution in [3.05, 3.63) is 0 Å². The first-order chi connectivity index (χ1) is 12.4. The highest BCUT2D eigenvalue weighted by Gasteiger charge is 2.47. The summed E-state index contributed by atoms with van der Waals surface area (Å²) in [4.78, 5) is 49.7. The fraction of sp³-hybridized carbons (Fsp3) is 0.778. The van der Waals surface area contributed by atoms with Gasteiger partial charge in [-0.3, -0.25) is 9.59 Å². The van der Waals surface area contributed by atoms with Crippen LogP contribution in [-0.4, -0.2) is 61.0 Å². The molecule has 1 heterocycles. The number of nitrogens with zero attached hydrogens (tertiary/aromatic N) is 1. The Morgan fingerprint density at radius 2 is 1.56 bits per heavy atom. The molecule has 1 aliphatic rings. The quantitative estimate of drug-likeness (QED) is 0.402. The van der Waals surface area contributed by atoms with Gasteiger partial charge in [-0.15, -0.1) is 0 Å². The van der Waals surface area contributed by atoms with Gasteiger partial charge in [0.1, 0.15) is 5.60 Å². The van der Waals surface area contributed by atoms with Gasteiger partial charge in [0.25, 0.3) is 0 Å². The lowest BCUT2D eigenvalue weighted by atomic mass is 9.96. The van der Waals surface area contributed by atoms with E-state index in [1.807, 2.05) is 13.8 Å². The molecule has 1 saturated heterocycles. The van der Waals surface area contributed by atoms with Crippen LogP contribution in [0.3, 0.4) is 0 Å². The first-order valence-electron chi connectivity index (χ1n) is 8.97. The van der Waals surface area contributed by atoms with Crippen LogP contribution in [0.5, 0.6) is 0 Å². The molecule has 0 aliphatic carbocycles. The van der Waals surface area contributed by atoms with Crippen molar-refractivity contribution in [1.82, 2.24) is 4.90 Å². The van der Waals surface area contributed by atoms with Gasteiger partial charge in [0.2, 0.25) is 0 Å². The maximum Gasteiger partial charge on any atom is 0.516 e. The topological polar surface area (TPSA) is 108 Å². The average molecular weight is 387 g/mol. The van der Waals surface area contributed by atoms with Gasteiger partial charge >= 0.3 is 24.2 Å². The van der Waals surface area contributed by atoms with Crippen molar-refractivity contribution >= 4 is 24.2 Å². The number of ether oxygens (including phenoxy) is 4. The number of hydrogen-bond acceptors (Lipinski definition) is 8. The number of carbonyl (C=O) groups excluding carboxylic acids is 4. The number of amides is 1. The first kappa shape index (κ1) is 22.7. The molecule has 0 unspecified atom stereocenters. The average Bonchev–Trinajstić information content (AvgIpc) is 2.97. The summed E-state index contributed by atoms with van der Waals surface area (Å²) in [6.45, 7) is 10.5. The monoisotopic (exact) mass is 387 g/mol. The minimum atomic E-state index is -1.13. The summed E-state index contributed by atoms with van der Waals surface area (Å²) < 4.78 is 19.8. The predicted octanol–water partition coefficient (Wildman–Crippen LogP) is 2.37. The SMILES string of the molecule is CCOC(=O)[C@H]1CN(C(=O)OC(C)(C)C)C[C@@H]1C(=O)OC(=O)OCC(C)C. The largest absolute Gasteiger partial charge is 0.516 e. The van der Waals surface area contributed by atoms with Crippen molar-refractivity contribution in [2.75, 3.05) is 26.3 Å². The van der Waals surface area contributed by atoms with Gasteiger partial charge in [0.15, 0.2) is 0 Å². The van der Waals surface area contributed by atoms with E-state index in [2.05, 4.69) is 4.74 Å². The highest BCUT2D eigenvalue weighted by Crippen LogP contribution is 2.28. The summed E-state index contributed by atoms with van der Waals surface area (Å²) in [5, 5.41) is 0. The molecule has 27 heavy (non-hydrogen) atoms. The molecule has 0 spiro atoms. The van der Waals surface area contributed by atoms with Crippen molar-refractivity contribution in [2.24, 2.45) is 17.8 Å². The van der Waals surface area contributed by atoms with Crippen LogP contribution in [0.2, 0.25) is 0 Å². The molecule has 1 amide bonds. The van der Waals surface area contributed by atoms with E-state index in [0.29, 0.717) is 0 Å². The molecule has 0 aromatic carbocycles. The van der Waals surface area contributed by atoms with Crippen LogP contribution in [0.25, 0.3) is 0 Å². The minimum absolute atomic E-state index is 0.0610. The van der Waals surface area contributed by atoms with Gasteiger partial charge in [-0.25, -0.2) is 9.59 Å². The van der Waals surface area contributed by atoms with Crippen LogP contribution < -0.4 is 0 Å². The zero-order valence-corrected chi connectivity index (χ0v) is 16.8. The Kier molecular flexibility index (Phi) is 8.05. The van der Waals surface area contributed by atoms with Gasteiger partial charge in [-0.2, -0.15) is 0 Å². The van der Waals surface area contributed by atoms with Gasteiger partial charge in [0.05, 0.1) is 25.0 Å². The van der Waals surface area contributed by atoms with Crippen LogP contribution in [0.15, 0.2) is 0 Å². The van der Waals surface area contributed by atoms with E-state index in [-0.39, 0.29) is 32.2 Å². The fourth-order valence-electron chi connectivity index (χ4n) is 2.43. The molecule has 0 aromatic heterocycles. The van der Waals surface area contributed by atoms with E-state index in [0.717, 1.165) is 0 Å². The lowest BCUT2D eigenvalue weighted by molar-refractivity contribution is -0.156. The van der Waals surface area contributed by atoms with Gasteiger partial charge in [-0.1, -0.05) is 13.8 Å². The van der Waals surface area contributed by atoms with Gasteiger partial charge in [0, 0.05) is 13.1 Å². The number of rotatable bonds is 5. The van der Waals surface area contributed by atoms with E-state index in [1.54, 1.807) is 27.7 Å². The summed E-state index contributed by atoms with van der Waals surface area (Å²) in [5.74, 6) is -3.48. The van der Waals surface area contributed by atoms with Crippen LogP contribution in [0.4, 0.5) is 9.59 Å². The molecule has 9 heteroatoms. The predicted molar refractivity (Wildman–Crippen MR) is 93.7 cm³/mol. The highest BCUT2D eigenvalue weighted by atomic mass is 16.7. The molecule has 0 saturated carbocycles. The van der Waals surface area contributed by atoms with Gasteiger partial charge < -0.3 is 23.8 Å². The van der Waals surface area contributed by atoms with Crippen molar-refractivity contribution in [3.63, 3.8) is 0 Å². The Labute approximate surface area is 159 Å². The molecule has 9 nitrogen and oxygen atoms in total. The van der Waals surface area contributed by atoms with E-state index in [1.165, 1.54) is 4.90 Å². The number of esters is 2. The Balaban J connectivity index is 2.83. The molecular weight excluding hydrogens is 358 g/mol. The molecule has 0 N–H and O–H groups in total. The van der Waals surface area contributed by atoms with Crippen LogP contribution >= 0.6 is 0 Å². The zero-order valence-electron chi connectivity index (χ0n) is 16.8. The molecule has 0 aromatic rings. The highest BCUT2D eigenvalue weighted by molar-refractivity contribution is 5.89. The first-order valence-corrected chi connectivity index (χ1v) is 8.97. The smallest absolute Gasteiger partial charge is 0.466 e. The molecule has 2 atom stereocenters. The van der Waals surface area contributed by atoms with E-state index in [9.17, 15) is 19.2 Å². The summed E-state index contributed by atoms with van der Waals surface area (Å²) in [6, 6.07) is 0. The molecule has 1 fully saturated rings. The van der Waals surface area contributed by atoms with Crippen LogP contribution in [0, 0.1) is 17.8 Å². The Hall–Kier alpha value is -2.32. The van der Waals surface area contributed by atoms with Gasteiger partial charge in [-0.05, 0) is 33.6 Å². The number of carbonyl (C=O) groups is 4. The Morgan fingerprint density at radius 1 is 1.00 bits per heavy atom. The van der Waals surface area contributed by atoms with E-state index < -0.39 is 41.6 Å². The molecule has 0 bridgehead atoms. The Morgan fingerprint density at radius 3 is 2.04 bits per heavy atom. The number of likely N-dealkylation sites (tertiary alicyclic amines) is 1. The van der Waals surface area contributed by atoms with Crippen molar-refractivity contribution in [2.45, 2.75) is 47.1 Å². The fourth-order valence-corrected chi connectivity index (χ4v) is 2.43. The summed E-state index contributed by atoms with van der Waals surface area (Å²) in [6.07, 6.45) is -1.79. The second-order valence-corrected chi connectivity index (χ2v) is 7.73. The van der Waals surface area contributed by atoms with Crippen LogP contribution in [-0.2, 0) is 28.5 Å². The second-order valence-electron chi connectivity index (χ2n) is 7.73. The molecule has 1 aliphatic heterocycles. The zero-order chi connectivity index (χ0) is 20.8. The molecule has 0 radical (unpaired) electrons. The lowest BCUT2D eigenvalue weighted by Crippen LogP contribution is -2.36. The molecule has 1 rings (SSSR count). The van der Waals surface area contributed by atoms with E-state index >= 15 is 0 Å². The Bertz CT molecular complexity index is 566. The third-order valence-electron chi connectivity index (χ3n) is 3.58. The summed E-state index contributed by atoms with van der Waals surface area (Å²) in [7, 11) is 0. The lowest BCUT2D eigenvalue weighted by Gasteiger charge is -2.24. The standard InChI is InChI=1S/C18H29NO8/c1-7-24-14(20)12-8-19(16(22)27-18(4,5)6)9-13(12)15(21)26-17(23)25-10-11(2)3/h11-13H,7-10H2,1-6H3/t12-,13-/m0/s1. The molecule has 154 valence electrons. The molecular formula is C18H29NO8. The summed E-state index contributed by atoms with van der Waals surface area (Å²) in [5.41, 5.74) is -0.726. The van der Waals surface area contributed by atoms with Crippen molar-refractivity contribution < 1.29 is 38.1 Å². The second kappa shape index (κ2) is 9.57. The maximum atomic E-state index is 12.4. The van der Waals surface area contributed by atoms with Crippen LogP contribution in [0.1, 0.15) is 41.5 Å².